The third-order valence-corrected chi connectivity index (χ3v) is 4.04. The first-order valence-electron chi connectivity index (χ1n) is 8.24. The molecule has 1 saturated heterocycles. The van der Waals surface area contributed by atoms with Gasteiger partial charge in [-0.2, -0.15) is 0 Å². The van der Waals surface area contributed by atoms with E-state index >= 15 is 0 Å². The standard InChI is InChI=1S/C17H23N3O3/c21-16(11-18-10-13-4-3-9-23-13)20-15-6-2-1-5-14(15)17(22)19-12-7-8-12/h1-2,5-6,12-13,18H,3-4,7-11H2,(H,19,22)(H,20,21). The fraction of sp³-hybridized carbons (Fsp3) is 0.529. The van der Waals surface area contributed by atoms with Gasteiger partial charge in [-0.3, -0.25) is 9.59 Å². The summed E-state index contributed by atoms with van der Waals surface area (Å²) in [5.41, 5.74) is 1.06. The van der Waals surface area contributed by atoms with Crippen molar-refractivity contribution in [2.75, 3.05) is 25.0 Å². The number of ether oxygens (including phenoxy) is 1. The molecule has 6 heteroatoms. The van der Waals surface area contributed by atoms with Crippen molar-refractivity contribution in [3.05, 3.63) is 29.8 Å². The fourth-order valence-electron chi connectivity index (χ4n) is 2.63. The van der Waals surface area contributed by atoms with Crippen molar-refractivity contribution in [1.82, 2.24) is 10.6 Å². The molecule has 1 aromatic rings. The first-order chi connectivity index (χ1) is 11.2. The molecule has 2 fully saturated rings. The minimum Gasteiger partial charge on any atom is -0.377 e. The summed E-state index contributed by atoms with van der Waals surface area (Å²) in [6.07, 6.45) is 4.40. The molecule has 2 aliphatic rings. The summed E-state index contributed by atoms with van der Waals surface area (Å²) in [7, 11) is 0. The zero-order valence-corrected chi connectivity index (χ0v) is 13.1. The average molecular weight is 317 g/mol. The smallest absolute Gasteiger partial charge is 0.253 e. The van der Waals surface area contributed by atoms with Gasteiger partial charge >= 0.3 is 0 Å². The summed E-state index contributed by atoms with van der Waals surface area (Å²) >= 11 is 0. The second-order valence-electron chi connectivity index (χ2n) is 6.11. The van der Waals surface area contributed by atoms with Gasteiger partial charge in [0.15, 0.2) is 0 Å². The van der Waals surface area contributed by atoms with Crippen LogP contribution >= 0.6 is 0 Å². The monoisotopic (exact) mass is 317 g/mol. The summed E-state index contributed by atoms with van der Waals surface area (Å²) in [6.45, 7) is 1.69. The molecule has 0 spiro atoms. The van der Waals surface area contributed by atoms with E-state index in [1.54, 1.807) is 18.2 Å². The van der Waals surface area contributed by atoms with Crippen LogP contribution in [0.4, 0.5) is 5.69 Å². The predicted octanol–water partition coefficient (Wildman–Crippen LogP) is 1.29. The molecule has 3 rings (SSSR count). The third-order valence-electron chi connectivity index (χ3n) is 4.04. The molecule has 0 aromatic heterocycles. The SMILES string of the molecule is O=C(CNCC1CCCO1)Nc1ccccc1C(=O)NC1CC1. The molecule has 1 saturated carbocycles. The molecule has 3 N–H and O–H groups in total. The highest BCUT2D eigenvalue weighted by atomic mass is 16.5. The van der Waals surface area contributed by atoms with Crippen LogP contribution in [0.2, 0.25) is 0 Å². The first kappa shape index (κ1) is 16.0. The van der Waals surface area contributed by atoms with Gasteiger partial charge < -0.3 is 20.7 Å². The van der Waals surface area contributed by atoms with Crippen LogP contribution in [0, 0.1) is 0 Å². The summed E-state index contributed by atoms with van der Waals surface area (Å²) in [5.74, 6) is -0.287. The number of hydrogen-bond acceptors (Lipinski definition) is 4. The Hall–Kier alpha value is -1.92. The molecule has 1 unspecified atom stereocenters. The Labute approximate surface area is 136 Å². The predicted molar refractivity (Wildman–Crippen MR) is 87.4 cm³/mol. The first-order valence-corrected chi connectivity index (χ1v) is 8.24. The molecule has 0 radical (unpaired) electrons. The molecule has 1 aliphatic heterocycles. The summed E-state index contributed by atoms with van der Waals surface area (Å²) < 4.78 is 5.50. The number of carbonyl (C=O) groups is 2. The van der Waals surface area contributed by atoms with E-state index in [1.165, 1.54) is 0 Å². The van der Waals surface area contributed by atoms with Gasteiger partial charge in [0.25, 0.3) is 5.91 Å². The maximum Gasteiger partial charge on any atom is 0.253 e. The largest absolute Gasteiger partial charge is 0.377 e. The second kappa shape index (κ2) is 7.57. The number of nitrogens with one attached hydrogen (secondary N) is 3. The minimum atomic E-state index is -0.158. The van der Waals surface area contributed by atoms with Crippen molar-refractivity contribution in [3.63, 3.8) is 0 Å². The number of rotatable bonds is 7. The van der Waals surface area contributed by atoms with Gasteiger partial charge in [0.05, 0.1) is 23.9 Å². The van der Waals surface area contributed by atoms with E-state index < -0.39 is 0 Å². The third kappa shape index (κ3) is 4.77. The van der Waals surface area contributed by atoms with E-state index in [0.717, 1.165) is 32.3 Å². The number of para-hydroxylation sites is 1. The Balaban J connectivity index is 1.49. The van der Waals surface area contributed by atoms with Crippen LogP contribution in [-0.4, -0.2) is 43.7 Å². The van der Waals surface area contributed by atoms with Crippen molar-refractivity contribution in [1.29, 1.82) is 0 Å². The number of anilines is 1. The van der Waals surface area contributed by atoms with Gasteiger partial charge in [-0.25, -0.2) is 0 Å². The Kier molecular flexibility index (Phi) is 5.25. The van der Waals surface area contributed by atoms with Crippen LogP contribution in [0.25, 0.3) is 0 Å². The molecule has 23 heavy (non-hydrogen) atoms. The van der Waals surface area contributed by atoms with Crippen LogP contribution in [-0.2, 0) is 9.53 Å². The lowest BCUT2D eigenvalue weighted by molar-refractivity contribution is -0.115. The molecule has 1 aliphatic carbocycles. The van der Waals surface area contributed by atoms with Crippen molar-refractivity contribution < 1.29 is 14.3 Å². The highest BCUT2D eigenvalue weighted by Gasteiger charge is 2.25. The quantitative estimate of drug-likeness (QED) is 0.708. The Bertz CT molecular complexity index is 566. The summed E-state index contributed by atoms with van der Waals surface area (Å²) in [6, 6.07) is 7.38. The number of hydrogen-bond donors (Lipinski definition) is 3. The van der Waals surface area contributed by atoms with E-state index in [1.807, 2.05) is 6.07 Å². The molecule has 6 nitrogen and oxygen atoms in total. The lowest BCUT2D eigenvalue weighted by Crippen LogP contribution is -2.34. The van der Waals surface area contributed by atoms with Crippen LogP contribution in [0.15, 0.2) is 24.3 Å². The molecule has 124 valence electrons. The minimum absolute atomic E-state index is 0.129. The van der Waals surface area contributed by atoms with E-state index in [0.29, 0.717) is 23.8 Å². The van der Waals surface area contributed by atoms with Gasteiger partial charge in [-0.05, 0) is 37.8 Å². The maximum absolute atomic E-state index is 12.2. The molecular weight excluding hydrogens is 294 g/mol. The van der Waals surface area contributed by atoms with E-state index in [2.05, 4.69) is 16.0 Å². The van der Waals surface area contributed by atoms with E-state index in [9.17, 15) is 9.59 Å². The Morgan fingerprint density at radius 2 is 2.00 bits per heavy atom. The van der Waals surface area contributed by atoms with Gasteiger partial charge in [-0.15, -0.1) is 0 Å². The fourth-order valence-corrected chi connectivity index (χ4v) is 2.63. The highest BCUT2D eigenvalue weighted by Crippen LogP contribution is 2.21. The topological polar surface area (TPSA) is 79.5 Å². The number of carbonyl (C=O) groups excluding carboxylic acids is 2. The van der Waals surface area contributed by atoms with Crippen molar-refractivity contribution >= 4 is 17.5 Å². The van der Waals surface area contributed by atoms with Gasteiger partial charge in [-0.1, -0.05) is 12.1 Å². The van der Waals surface area contributed by atoms with Gasteiger partial charge in [0.1, 0.15) is 0 Å². The van der Waals surface area contributed by atoms with Crippen LogP contribution in [0.1, 0.15) is 36.0 Å². The molecule has 1 atom stereocenters. The van der Waals surface area contributed by atoms with Crippen molar-refractivity contribution in [3.8, 4) is 0 Å². The number of benzene rings is 1. The van der Waals surface area contributed by atoms with Crippen LogP contribution in [0.3, 0.4) is 0 Å². The molecule has 2 amide bonds. The average Bonchev–Trinajstić information content (AvgIpc) is 3.20. The van der Waals surface area contributed by atoms with Crippen molar-refractivity contribution in [2.24, 2.45) is 0 Å². The Morgan fingerprint density at radius 3 is 2.74 bits per heavy atom. The number of amides is 2. The van der Waals surface area contributed by atoms with Crippen LogP contribution < -0.4 is 16.0 Å². The van der Waals surface area contributed by atoms with Gasteiger partial charge in [0.2, 0.25) is 5.91 Å². The maximum atomic E-state index is 12.2. The molecule has 0 bridgehead atoms. The molecule has 1 aromatic carbocycles. The van der Waals surface area contributed by atoms with E-state index in [-0.39, 0.29) is 24.5 Å². The highest BCUT2D eigenvalue weighted by molar-refractivity contribution is 6.04. The molecule has 1 heterocycles. The zero-order chi connectivity index (χ0) is 16.1. The second-order valence-corrected chi connectivity index (χ2v) is 6.11. The van der Waals surface area contributed by atoms with Gasteiger partial charge in [0, 0.05) is 19.2 Å². The molecular formula is C17H23N3O3. The zero-order valence-electron chi connectivity index (χ0n) is 13.1. The lowest BCUT2D eigenvalue weighted by atomic mass is 10.1. The van der Waals surface area contributed by atoms with Crippen molar-refractivity contribution in [2.45, 2.75) is 37.8 Å². The lowest BCUT2D eigenvalue weighted by Gasteiger charge is -2.13. The summed E-state index contributed by atoms with van der Waals surface area (Å²) in [4.78, 5) is 24.2. The normalized spacial score (nSPS) is 20.3. The Morgan fingerprint density at radius 1 is 1.17 bits per heavy atom. The summed E-state index contributed by atoms with van der Waals surface area (Å²) in [5, 5.41) is 8.85. The van der Waals surface area contributed by atoms with E-state index in [4.69, 9.17) is 4.74 Å². The van der Waals surface area contributed by atoms with Crippen LogP contribution in [0.5, 0.6) is 0 Å².